The van der Waals surface area contributed by atoms with E-state index >= 15 is 0 Å². The molecule has 0 atom stereocenters. The van der Waals surface area contributed by atoms with Gasteiger partial charge < -0.3 is 19.6 Å². The van der Waals surface area contributed by atoms with Crippen LogP contribution >= 0.6 is 0 Å². The molecule has 2 heterocycles. The van der Waals surface area contributed by atoms with Crippen LogP contribution in [0.15, 0.2) is 62.9 Å². The first-order valence-electron chi connectivity index (χ1n) is 8.81. The van der Waals surface area contributed by atoms with Crippen LogP contribution in [0, 0.1) is 0 Å². The molecule has 0 radical (unpaired) electrons. The van der Waals surface area contributed by atoms with Crippen LogP contribution in [0.3, 0.4) is 0 Å². The van der Waals surface area contributed by atoms with Gasteiger partial charge in [0.05, 0.1) is 12.8 Å². The van der Waals surface area contributed by atoms with E-state index in [4.69, 9.17) is 4.42 Å². The average Bonchev–Trinajstić information content (AvgIpc) is 3.22. The van der Waals surface area contributed by atoms with Crippen LogP contribution in [0.2, 0.25) is 0 Å². The van der Waals surface area contributed by atoms with Gasteiger partial charge in [0.15, 0.2) is 0 Å². The number of rotatable bonds is 7. The Morgan fingerprint density at radius 1 is 1.07 bits per heavy atom. The van der Waals surface area contributed by atoms with Crippen LogP contribution in [0.5, 0.6) is 0 Å². The van der Waals surface area contributed by atoms with E-state index in [1.807, 2.05) is 12.1 Å². The van der Waals surface area contributed by atoms with Crippen LogP contribution in [0.1, 0.15) is 27.2 Å². The SMILES string of the molecule is Cn1cc(CNCc2cccc(C(=O)NCc3ccco3)c2)c(=O)n(C)c1=O. The Balaban J connectivity index is 1.60. The number of hydrogen-bond donors (Lipinski definition) is 2. The monoisotopic (exact) mass is 382 g/mol. The van der Waals surface area contributed by atoms with Crippen molar-refractivity contribution in [1.29, 1.82) is 0 Å². The van der Waals surface area contributed by atoms with Gasteiger partial charge in [-0.25, -0.2) is 4.79 Å². The minimum absolute atomic E-state index is 0.190. The van der Waals surface area contributed by atoms with Crippen LogP contribution < -0.4 is 21.9 Å². The molecule has 8 heteroatoms. The van der Waals surface area contributed by atoms with Gasteiger partial charge in [-0.3, -0.25) is 14.2 Å². The Morgan fingerprint density at radius 2 is 1.89 bits per heavy atom. The fourth-order valence-electron chi connectivity index (χ4n) is 2.85. The highest BCUT2D eigenvalue weighted by Crippen LogP contribution is 2.07. The first-order chi connectivity index (χ1) is 13.5. The third kappa shape index (κ3) is 4.47. The average molecular weight is 382 g/mol. The molecule has 0 unspecified atom stereocenters. The molecule has 0 aliphatic carbocycles. The number of carbonyl (C=O) groups excluding carboxylic acids is 1. The Morgan fingerprint density at radius 3 is 2.64 bits per heavy atom. The van der Waals surface area contributed by atoms with Gasteiger partial charge in [-0.1, -0.05) is 12.1 Å². The van der Waals surface area contributed by atoms with Gasteiger partial charge in [-0.2, -0.15) is 0 Å². The molecule has 146 valence electrons. The zero-order valence-corrected chi connectivity index (χ0v) is 15.8. The van der Waals surface area contributed by atoms with Crippen molar-refractivity contribution in [2.75, 3.05) is 0 Å². The standard InChI is InChI=1S/C20H22N4O4/c1-23-13-16(19(26)24(2)20(23)27)11-21-10-14-5-3-6-15(9-14)18(25)22-12-17-7-4-8-28-17/h3-9,13,21H,10-12H2,1-2H3,(H,22,25). The molecule has 0 spiro atoms. The fraction of sp³-hybridized carbons (Fsp3) is 0.250. The largest absolute Gasteiger partial charge is 0.467 e. The minimum Gasteiger partial charge on any atom is -0.467 e. The Bertz CT molecular complexity index is 1080. The zero-order chi connectivity index (χ0) is 20.1. The maximum atomic E-state index is 12.3. The normalized spacial score (nSPS) is 10.8. The van der Waals surface area contributed by atoms with Crippen molar-refractivity contribution in [2.24, 2.45) is 14.1 Å². The number of carbonyl (C=O) groups is 1. The Hall–Kier alpha value is -3.39. The van der Waals surface area contributed by atoms with Crippen molar-refractivity contribution < 1.29 is 9.21 Å². The first kappa shape index (κ1) is 19.4. The van der Waals surface area contributed by atoms with Gasteiger partial charge in [0.1, 0.15) is 5.76 Å². The van der Waals surface area contributed by atoms with Crippen molar-refractivity contribution in [1.82, 2.24) is 19.8 Å². The molecular weight excluding hydrogens is 360 g/mol. The summed E-state index contributed by atoms with van der Waals surface area (Å²) in [6.07, 6.45) is 3.10. The van der Waals surface area contributed by atoms with Gasteiger partial charge in [-0.05, 0) is 29.8 Å². The molecule has 0 aliphatic rings. The number of nitrogens with one attached hydrogen (secondary N) is 2. The quantitative estimate of drug-likeness (QED) is 0.633. The number of amides is 1. The first-order valence-corrected chi connectivity index (χ1v) is 8.81. The Labute approximate surface area is 161 Å². The summed E-state index contributed by atoms with van der Waals surface area (Å²) in [7, 11) is 3.06. The molecule has 0 bridgehead atoms. The Kier molecular flexibility index (Phi) is 5.90. The van der Waals surface area contributed by atoms with Crippen LogP contribution in [-0.2, 0) is 33.7 Å². The highest BCUT2D eigenvalue weighted by atomic mass is 16.3. The van der Waals surface area contributed by atoms with Crippen molar-refractivity contribution >= 4 is 5.91 Å². The molecule has 2 N–H and O–H groups in total. The topological polar surface area (TPSA) is 98.3 Å². The van der Waals surface area contributed by atoms with E-state index in [2.05, 4.69) is 10.6 Å². The number of hydrogen-bond acceptors (Lipinski definition) is 5. The summed E-state index contributed by atoms with van der Waals surface area (Å²) in [6, 6.07) is 10.8. The summed E-state index contributed by atoms with van der Waals surface area (Å²) < 4.78 is 7.66. The van der Waals surface area contributed by atoms with E-state index < -0.39 is 0 Å². The lowest BCUT2D eigenvalue weighted by atomic mass is 10.1. The molecule has 28 heavy (non-hydrogen) atoms. The summed E-state index contributed by atoms with van der Waals surface area (Å²) in [6.45, 7) is 1.12. The molecule has 3 rings (SSSR count). The van der Waals surface area contributed by atoms with Gasteiger partial charge in [0.2, 0.25) is 0 Å². The van der Waals surface area contributed by atoms with E-state index in [-0.39, 0.29) is 17.2 Å². The van der Waals surface area contributed by atoms with E-state index in [9.17, 15) is 14.4 Å². The summed E-state index contributed by atoms with van der Waals surface area (Å²) in [5.41, 5.74) is 1.27. The molecule has 3 aromatic rings. The molecule has 1 aromatic carbocycles. The molecule has 1 amide bonds. The smallest absolute Gasteiger partial charge is 0.330 e. The third-order valence-corrected chi connectivity index (χ3v) is 4.35. The summed E-state index contributed by atoms with van der Waals surface area (Å²) in [5, 5.41) is 5.98. The van der Waals surface area contributed by atoms with Crippen molar-refractivity contribution in [3.8, 4) is 0 Å². The van der Waals surface area contributed by atoms with Crippen LogP contribution in [-0.4, -0.2) is 15.0 Å². The van der Waals surface area contributed by atoms with E-state index in [0.717, 1.165) is 10.1 Å². The second kappa shape index (κ2) is 8.53. The maximum absolute atomic E-state index is 12.3. The zero-order valence-electron chi connectivity index (χ0n) is 15.8. The molecule has 8 nitrogen and oxygen atoms in total. The summed E-state index contributed by atoms with van der Waals surface area (Å²) >= 11 is 0. The second-order valence-corrected chi connectivity index (χ2v) is 6.48. The lowest BCUT2D eigenvalue weighted by molar-refractivity contribution is 0.0948. The second-order valence-electron chi connectivity index (χ2n) is 6.48. The van der Waals surface area contributed by atoms with Crippen molar-refractivity contribution in [3.63, 3.8) is 0 Å². The number of aryl methyl sites for hydroxylation is 1. The van der Waals surface area contributed by atoms with E-state index in [1.165, 1.54) is 17.8 Å². The molecule has 0 fully saturated rings. The fourth-order valence-corrected chi connectivity index (χ4v) is 2.85. The molecule has 0 aliphatic heterocycles. The highest BCUT2D eigenvalue weighted by molar-refractivity contribution is 5.94. The summed E-state index contributed by atoms with van der Waals surface area (Å²) in [4.78, 5) is 36.2. The van der Waals surface area contributed by atoms with E-state index in [1.54, 1.807) is 37.6 Å². The summed E-state index contributed by atoms with van der Waals surface area (Å²) in [5.74, 6) is 0.496. The van der Waals surface area contributed by atoms with E-state index in [0.29, 0.717) is 36.5 Å². The van der Waals surface area contributed by atoms with Crippen LogP contribution in [0.4, 0.5) is 0 Å². The lowest BCUT2D eigenvalue weighted by Gasteiger charge is -2.09. The molecular formula is C20H22N4O4. The third-order valence-electron chi connectivity index (χ3n) is 4.35. The molecule has 0 saturated heterocycles. The van der Waals surface area contributed by atoms with Gasteiger partial charge in [-0.15, -0.1) is 0 Å². The van der Waals surface area contributed by atoms with Gasteiger partial charge in [0, 0.05) is 44.5 Å². The van der Waals surface area contributed by atoms with Gasteiger partial charge >= 0.3 is 5.69 Å². The predicted octanol–water partition coefficient (Wildman–Crippen LogP) is 0.897. The lowest BCUT2D eigenvalue weighted by Crippen LogP contribution is -2.39. The number of benzene rings is 1. The number of furan rings is 1. The molecule has 2 aromatic heterocycles. The highest BCUT2D eigenvalue weighted by Gasteiger charge is 2.08. The van der Waals surface area contributed by atoms with Crippen molar-refractivity contribution in [3.05, 3.63) is 92.1 Å². The maximum Gasteiger partial charge on any atom is 0.330 e. The molecule has 0 saturated carbocycles. The minimum atomic E-state index is -0.359. The van der Waals surface area contributed by atoms with Crippen molar-refractivity contribution in [2.45, 2.75) is 19.6 Å². The van der Waals surface area contributed by atoms with Gasteiger partial charge in [0.25, 0.3) is 11.5 Å². The number of aromatic nitrogens is 2. The van der Waals surface area contributed by atoms with Crippen LogP contribution in [0.25, 0.3) is 0 Å². The predicted molar refractivity (Wildman–Crippen MR) is 104 cm³/mol. The number of nitrogens with zero attached hydrogens (tertiary/aromatic N) is 2.